The number of nitro benzene ring substituents is 1. The van der Waals surface area contributed by atoms with Crippen molar-refractivity contribution in [3.63, 3.8) is 0 Å². The van der Waals surface area contributed by atoms with E-state index in [0.29, 0.717) is 25.1 Å². The molecule has 0 spiro atoms. The van der Waals surface area contributed by atoms with Crippen LogP contribution < -0.4 is 10.6 Å². The van der Waals surface area contributed by atoms with Crippen molar-refractivity contribution in [3.05, 3.63) is 39.4 Å². The summed E-state index contributed by atoms with van der Waals surface area (Å²) in [4.78, 5) is 22.0. The summed E-state index contributed by atoms with van der Waals surface area (Å²) in [6.45, 7) is 1.35. The van der Waals surface area contributed by atoms with Crippen molar-refractivity contribution in [3.8, 4) is 0 Å². The highest BCUT2D eigenvalue weighted by Crippen LogP contribution is 2.33. The molecule has 6 nitrogen and oxygen atoms in total. The van der Waals surface area contributed by atoms with E-state index in [1.165, 1.54) is 0 Å². The molecule has 0 bridgehead atoms. The van der Waals surface area contributed by atoms with Crippen LogP contribution in [0.2, 0.25) is 0 Å². The topological polar surface area (TPSA) is 84.3 Å². The van der Waals surface area contributed by atoms with E-state index in [4.69, 9.17) is 0 Å². The van der Waals surface area contributed by atoms with Crippen LogP contribution in [0.3, 0.4) is 0 Å². The summed E-state index contributed by atoms with van der Waals surface area (Å²) in [5.41, 5.74) is -2.38. The van der Waals surface area contributed by atoms with Crippen molar-refractivity contribution in [2.45, 2.75) is 25.1 Å². The third kappa shape index (κ3) is 4.80. The van der Waals surface area contributed by atoms with Crippen LogP contribution in [0, 0.1) is 10.1 Å². The molecule has 0 radical (unpaired) electrons. The Hall–Kier alpha value is -1.87. The molecule has 1 fully saturated rings. The Bertz CT molecular complexity index is 590. The van der Waals surface area contributed by atoms with Crippen LogP contribution in [-0.2, 0) is 6.18 Å². The van der Waals surface area contributed by atoms with Crippen LogP contribution >= 0.6 is 12.4 Å². The Kier molecular flexibility index (Phi) is 6.34. The largest absolute Gasteiger partial charge is 0.416 e. The molecule has 2 N–H and O–H groups in total. The van der Waals surface area contributed by atoms with Crippen LogP contribution in [0.1, 0.15) is 28.8 Å². The number of hydrogen-bond acceptors (Lipinski definition) is 4. The normalized spacial score (nSPS) is 18.0. The zero-order valence-corrected chi connectivity index (χ0v) is 12.7. The van der Waals surface area contributed by atoms with Gasteiger partial charge in [0.2, 0.25) is 0 Å². The third-order valence-corrected chi connectivity index (χ3v) is 3.40. The first-order valence-corrected chi connectivity index (χ1v) is 6.66. The number of alkyl halides is 3. The molecule has 0 saturated carbocycles. The van der Waals surface area contributed by atoms with Crippen molar-refractivity contribution >= 4 is 24.0 Å². The lowest BCUT2D eigenvalue weighted by Crippen LogP contribution is -2.45. The number of rotatable bonds is 3. The highest BCUT2D eigenvalue weighted by molar-refractivity contribution is 5.98. The Morgan fingerprint density at radius 1 is 1.39 bits per heavy atom. The number of halogens is 4. The van der Waals surface area contributed by atoms with Gasteiger partial charge in [0.15, 0.2) is 0 Å². The van der Waals surface area contributed by atoms with E-state index in [1.54, 1.807) is 0 Å². The maximum absolute atomic E-state index is 12.6. The number of nitrogens with one attached hydrogen (secondary N) is 2. The second kappa shape index (κ2) is 7.60. The first-order valence-electron chi connectivity index (χ1n) is 6.66. The van der Waals surface area contributed by atoms with Gasteiger partial charge in [0, 0.05) is 18.7 Å². The van der Waals surface area contributed by atoms with E-state index in [1.807, 2.05) is 0 Å². The molecular weight excluding hydrogens is 339 g/mol. The fourth-order valence-corrected chi connectivity index (χ4v) is 2.29. The van der Waals surface area contributed by atoms with Gasteiger partial charge in [0.05, 0.1) is 10.5 Å². The number of amides is 1. The molecule has 1 saturated heterocycles. The van der Waals surface area contributed by atoms with E-state index >= 15 is 0 Å². The fourth-order valence-electron chi connectivity index (χ4n) is 2.29. The lowest BCUT2D eigenvalue weighted by molar-refractivity contribution is -0.385. The van der Waals surface area contributed by atoms with E-state index in [2.05, 4.69) is 10.6 Å². The molecule has 1 atom stereocenters. The second-order valence-electron chi connectivity index (χ2n) is 5.00. The minimum Gasteiger partial charge on any atom is -0.348 e. The van der Waals surface area contributed by atoms with E-state index in [0.717, 1.165) is 19.0 Å². The lowest BCUT2D eigenvalue weighted by Gasteiger charge is -2.23. The maximum atomic E-state index is 12.6. The summed E-state index contributed by atoms with van der Waals surface area (Å²) < 4.78 is 37.8. The zero-order chi connectivity index (χ0) is 16.3. The number of nitro groups is 1. The van der Waals surface area contributed by atoms with Gasteiger partial charge in [-0.1, -0.05) is 0 Å². The van der Waals surface area contributed by atoms with Gasteiger partial charge in [0.1, 0.15) is 5.56 Å². The average Bonchev–Trinajstić information content (AvgIpc) is 2.46. The summed E-state index contributed by atoms with van der Waals surface area (Å²) in [6, 6.07) is 1.70. The number of nitrogens with zero attached hydrogens (tertiary/aromatic N) is 1. The van der Waals surface area contributed by atoms with Gasteiger partial charge in [-0.25, -0.2) is 0 Å². The van der Waals surface area contributed by atoms with Crippen molar-refractivity contribution in [1.82, 2.24) is 10.6 Å². The van der Waals surface area contributed by atoms with Gasteiger partial charge < -0.3 is 10.6 Å². The molecule has 1 heterocycles. The quantitative estimate of drug-likeness (QED) is 0.646. The molecule has 23 heavy (non-hydrogen) atoms. The van der Waals surface area contributed by atoms with Crippen LogP contribution in [0.25, 0.3) is 0 Å². The van der Waals surface area contributed by atoms with E-state index in [9.17, 15) is 28.1 Å². The summed E-state index contributed by atoms with van der Waals surface area (Å²) in [6.07, 6.45) is -3.14. The SMILES string of the molecule is Cl.O=C(NC1CCCNC1)c1ccc(C(F)(F)F)cc1[N+](=O)[O-]. The van der Waals surface area contributed by atoms with Gasteiger partial charge in [-0.3, -0.25) is 14.9 Å². The van der Waals surface area contributed by atoms with E-state index < -0.39 is 28.3 Å². The number of hydrogen-bond donors (Lipinski definition) is 2. The smallest absolute Gasteiger partial charge is 0.348 e. The molecule has 1 aliphatic heterocycles. The maximum Gasteiger partial charge on any atom is 0.416 e. The van der Waals surface area contributed by atoms with Crippen molar-refractivity contribution in [2.75, 3.05) is 13.1 Å². The Morgan fingerprint density at radius 3 is 2.61 bits per heavy atom. The van der Waals surface area contributed by atoms with Gasteiger partial charge in [-0.05, 0) is 31.5 Å². The highest BCUT2D eigenvalue weighted by Gasteiger charge is 2.34. The predicted octanol–water partition coefficient (Wildman–Crippen LogP) is 2.52. The van der Waals surface area contributed by atoms with Gasteiger partial charge in [-0.2, -0.15) is 13.2 Å². The molecule has 0 aromatic heterocycles. The monoisotopic (exact) mass is 353 g/mol. The van der Waals surface area contributed by atoms with Crippen molar-refractivity contribution in [2.24, 2.45) is 0 Å². The molecule has 10 heteroatoms. The average molecular weight is 354 g/mol. The molecule has 1 amide bonds. The minimum atomic E-state index is -4.70. The molecule has 1 unspecified atom stereocenters. The summed E-state index contributed by atoms with van der Waals surface area (Å²) >= 11 is 0. The Labute approximate surface area is 136 Å². The molecule has 1 aromatic rings. The zero-order valence-electron chi connectivity index (χ0n) is 11.9. The van der Waals surface area contributed by atoms with Crippen LogP contribution in [-0.4, -0.2) is 30.0 Å². The number of piperidine rings is 1. The Balaban J connectivity index is 0.00000264. The Morgan fingerprint density at radius 2 is 2.09 bits per heavy atom. The van der Waals surface area contributed by atoms with Gasteiger partial charge in [0.25, 0.3) is 11.6 Å². The van der Waals surface area contributed by atoms with Crippen LogP contribution in [0.5, 0.6) is 0 Å². The second-order valence-corrected chi connectivity index (χ2v) is 5.00. The van der Waals surface area contributed by atoms with Crippen LogP contribution in [0.15, 0.2) is 18.2 Å². The lowest BCUT2D eigenvalue weighted by atomic mass is 10.0. The molecule has 1 aromatic carbocycles. The number of benzene rings is 1. The molecule has 128 valence electrons. The summed E-state index contributed by atoms with van der Waals surface area (Å²) in [5.74, 6) is -0.742. The predicted molar refractivity (Wildman–Crippen MR) is 78.7 cm³/mol. The standard InChI is InChI=1S/C13H14F3N3O3.ClH/c14-13(15,16)8-3-4-10(11(6-8)19(21)22)12(20)18-9-2-1-5-17-7-9;/h3-4,6,9,17H,1-2,5,7H2,(H,18,20);1H. The van der Waals surface area contributed by atoms with E-state index in [-0.39, 0.29) is 24.0 Å². The number of carbonyl (C=O) groups excluding carboxylic acids is 1. The minimum absolute atomic E-state index is 0. The van der Waals surface area contributed by atoms with Crippen molar-refractivity contribution < 1.29 is 22.9 Å². The summed E-state index contributed by atoms with van der Waals surface area (Å²) in [5, 5.41) is 16.6. The molecular formula is C13H15ClF3N3O3. The first kappa shape index (κ1) is 19.2. The fraction of sp³-hybridized carbons (Fsp3) is 0.462. The summed E-state index contributed by atoms with van der Waals surface area (Å²) in [7, 11) is 0. The third-order valence-electron chi connectivity index (χ3n) is 3.40. The van der Waals surface area contributed by atoms with Crippen molar-refractivity contribution in [1.29, 1.82) is 0 Å². The molecule has 2 rings (SSSR count). The number of carbonyl (C=O) groups is 1. The van der Waals surface area contributed by atoms with Crippen LogP contribution in [0.4, 0.5) is 18.9 Å². The highest BCUT2D eigenvalue weighted by atomic mass is 35.5. The molecule has 1 aliphatic rings. The van der Waals surface area contributed by atoms with Gasteiger partial charge >= 0.3 is 6.18 Å². The first-order chi connectivity index (χ1) is 10.3. The van der Waals surface area contributed by atoms with Gasteiger partial charge in [-0.15, -0.1) is 12.4 Å². The molecule has 0 aliphatic carbocycles.